The first-order valence-electron chi connectivity index (χ1n) is 13.9. The number of hydrogen-bond acceptors (Lipinski definition) is 7. The summed E-state index contributed by atoms with van der Waals surface area (Å²) < 4.78 is 22.9. The van der Waals surface area contributed by atoms with Gasteiger partial charge in [0.25, 0.3) is 0 Å². The zero-order valence-electron chi connectivity index (χ0n) is 24.7. The molecule has 2 aliphatic rings. The van der Waals surface area contributed by atoms with Gasteiger partial charge in [-0.25, -0.2) is 0 Å². The molecule has 2 aliphatic heterocycles. The lowest BCUT2D eigenvalue weighted by molar-refractivity contribution is -0.141. The first-order valence-corrected chi connectivity index (χ1v) is 14.5. The summed E-state index contributed by atoms with van der Waals surface area (Å²) in [6, 6.07) is 10.0. The van der Waals surface area contributed by atoms with Crippen LogP contribution in [-0.2, 0) is 35.1 Å². The van der Waals surface area contributed by atoms with Crippen molar-refractivity contribution in [1.82, 2.24) is 0 Å². The van der Waals surface area contributed by atoms with Gasteiger partial charge >= 0.3 is 5.97 Å². The van der Waals surface area contributed by atoms with E-state index in [1.54, 1.807) is 18.2 Å². The number of thiol groups is 1. The van der Waals surface area contributed by atoms with Crippen LogP contribution in [0.15, 0.2) is 55.1 Å². The summed E-state index contributed by atoms with van der Waals surface area (Å²) in [5.74, 6) is 0.665. The van der Waals surface area contributed by atoms with Crippen LogP contribution in [0.3, 0.4) is 0 Å². The second-order valence-corrected chi connectivity index (χ2v) is 8.57. The zero-order valence-corrected chi connectivity index (χ0v) is 25.6. The highest BCUT2D eigenvalue weighted by Crippen LogP contribution is 2.30. The van der Waals surface area contributed by atoms with E-state index in [1.165, 1.54) is 6.92 Å². The van der Waals surface area contributed by atoms with Crippen molar-refractivity contribution in [2.24, 2.45) is 0 Å². The molecule has 0 unspecified atom stereocenters. The summed E-state index contributed by atoms with van der Waals surface area (Å²) in [5.41, 5.74) is 1.11. The highest BCUT2D eigenvalue weighted by Gasteiger charge is 2.38. The predicted molar refractivity (Wildman–Crippen MR) is 161 cm³/mol. The van der Waals surface area contributed by atoms with Crippen LogP contribution >= 0.6 is 12.6 Å². The number of esters is 1. The molecule has 0 bridgehead atoms. The molecule has 2 heterocycles. The third-order valence-corrected chi connectivity index (χ3v) is 4.99. The highest BCUT2D eigenvalue weighted by atomic mass is 32.1. The Morgan fingerprint density at radius 3 is 2.34 bits per heavy atom. The van der Waals surface area contributed by atoms with Crippen LogP contribution in [0.2, 0.25) is 0 Å². The quantitative estimate of drug-likeness (QED) is 0.152. The SMILES string of the molecule is C=CC.CC.CC.CC(=O)OCCC[C@H]1O[C@@H](C[C@H]2OCC=CC2=O)C[C@H]1OCc1ccccc1.CCS. The fraction of sp³-hybridized carbons (Fsp3) is 0.613. The summed E-state index contributed by atoms with van der Waals surface area (Å²) in [7, 11) is 0. The van der Waals surface area contributed by atoms with Crippen LogP contribution in [0.5, 0.6) is 0 Å². The number of carbonyl (C=O) groups is 2. The number of ether oxygens (including phenoxy) is 4. The van der Waals surface area contributed by atoms with Crippen LogP contribution in [-0.4, -0.2) is 55.1 Å². The molecule has 1 fully saturated rings. The summed E-state index contributed by atoms with van der Waals surface area (Å²) in [4.78, 5) is 22.9. The summed E-state index contributed by atoms with van der Waals surface area (Å²) in [6.45, 7) is 18.0. The predicted octanol–water partition coefficient (Wildman–Crippen LogP) is 7.17. The van der Waals surface area contributed by atoms with Crippen molar-refractivity contribution >= 4 is 24.4 Å². The highest BCUT2D eigenvalue weighted by molar-refractivity contribution is 7.80. The molecule has 3 rings (SSSR count). The van der Waals surface area contributed by atoms with Crippen LogP contribution < -0.4 is 0 Å². The minimum absolute atomic E-state index is 0.00471. The second kappa shape index (κ2) is 26.7. The number of ketones is 1. The number of allylic oxidation sites excluding steroid dienone is 1. The van der Waals surface area contributed by atoms with Crippen molar-refractivity contribution in [3.63, 3.8) is 0 Å². The maximum absolute atomic E-state index is 12.0. The zero-order chi connectivity index (χ0) is 29.2. The lowest BCUT2D eigenvalue weighted by atomic mass is 10.0. The van der Waals surface area contributed by atoms with E-state index in [-0.39, 0.29) is 30.1 Å². The van der Waals surface area contributed by atoms with Crippen molar-refractivity contribution in [1.29, 1.82) is 0 Å². The Hall–Kier alpha value is -1.93. The summed E-state index contributed by atoms with van der Waals surface area (Å²) >= 11 is 3.79. The molecule has 1 aromatic rings. The standard InChI is InChI=1S/C22H28O6.C3H6.C2H6S.2C2H6/c1-16(23)25-11-6-10-20-22(27-15-17-7-3-2-4-8-17)14-18(28-20)13-21-19(24)9-5-12-26-21;1-3-2;1-2-3;2*1-2/h2-5,7-9,18,20-22H,6,10-15H2,1H3;3H,1H2,2H3;3H,2H2,1H3;2*1-2H3/t18-,20+,21+,22+;;;;/m0..../s1. The molecule has 218 valence electrons. The molecule has 1 aromatic carbocycles. The van der Waals surface area contributed by atoms with E-state index in [9.17, 15) is 9.59 Å². The molecule has 6 nitrogen and oxygen atoms in total. The van der Waals surface area contributed by atoms with Crippen LogP contribution in [0.4, 0.5) is 0 Å². The molecule has 0 aromatic heterocycles. The number of carbonyl (C=O) groups excluding carboxylic acids is 2. The minimum atomic E-state index is -0.440. The average Bonchev–Trinajstić information content (AvgIpc) is 3.32. The maximum atomic E-state index is 12.0. The molecule has 7 heteroatoms. The van der Waals surface area contributed by atoms with E-state index >= 15 is 0 Å². The first-order chi connectivity index (χ1) is 18.4. The molecule has 38 heavy (non-hydrogen) atoms. The van der Waals surface area contributed by atoms with E-state index in [4.69, 9.17) is 18.9 Å². The Morgan fingerprint density at radius 1 is 1.18 bits per heavy atom. The smallest absolute Gasteiger partial charge is 0.302 e. The average molecular weight is 553 g/mol. The Morgan fingerprint density at radius 2 is 1.79 bits per heavy atom. The van der Waals surface area contributed by atoms with Crippen molar-refractivity contribution in [3.05, 3.63) is 60.7 Å². The molecule has 0 N–H and O–H groups in total. The Kier molecular flexibility index (Phi) is 26.8. The third kappa shape index (κ3) is 18.3. The maximum Gasteiger partial charge on any atom is 0.302 e. The third-order valence-electron chi connectivity index (χ3n) is 4.99. The van der Waals surface area contributed by atoms with Gasteiger partial charge in [-0.1, -0.05) is 77.1 Å². The first kappa shape index (κ1) is 38.2. The van der Waals surface area contributed by atoms with Gasteiger partial charge in [0.05, 0.1) is 38.1 Å². The van der Waals surface area contributed by atoms with Crippen molar-refractivity contribution < 1.29 is 28.5 Å². The Labute approximate surface area is 237 Å². The van der Waals surface area contributed by atoms with Gasteiger partial charge in [-0.2, -0.15) is 12.6 Å². The molecule has 0 saturated carbocycles. The van der Waals surface area contributed by atoms with Crippen molar-refractivity contribution in [2.45, 2.75) is 105 Å². The molecule has 4 atom stereocenters. The van der Waals surface area contributed by atoms with Crippen molar-refractivity contribution in [2.75, 3.05) is 19.0 Å². The van der Waals surface area contributed by atoms with Gasteiger partial charge in [-0.15, -0.1) is 6.58 Å². The largest absolute Gasteiger partial charge is 0.466 e. The fourth-order valence-corrected chi connectivity index (χ4v) is 3.61. The molecule has 0 amide bonds. The normalized spacial score (nSPS) is 21.1. The molecule has 0 radical (unpaired) electrons. The number of hydrogen-bond donors (Lipinski definition) is 1. The molecule has 1 saturated heterocycles. The lowest BCUT2D eigenvalue weighted by Gasteiger charge is -2.21. The van der Waals surface area contributed by atoms with Gasteiger partial charge in [-0.05, 0) is 37.2 Å². The second-order valence-electron chi connectivity index (χ2n) is 7.94. The van der Waals surface area contributed by atoms with E-state index in [0.717, 1.165) is 24.2 Å². The van der Waals surface area contributed by atoms with Gasteiger partial charge in [-0.3, -0.25) is 9.59 Å². The van der Waals surface area contributed by atoms with Crippen LogP contribution in [0, 0.1) is 0 Å². The van der Waals surface area contributed by atoms with Gasteiger partial charge in [0.15, 0.2) is 5.78 Å². The minimum Gasteiger partial charge on any atom is -0.466 e. The summed E-state index contributed by atoms with van der Waals surface area (Å²) in [6.07, 6.45) is 7.12. The lowest BCUT2D eigenvalue weighted by Crippen LogP contribution is -2.30. The van der Waals surface area contributed by atoms with E-state index < -0.39 is 6.10 Å². The van der Waals surface area contributed by atoms with E-state index in [2.05, 4.69) is 19.2 Å². The topological polar surface area (TPSA) is 71.1 Å². The molecular weight excluding hydrogens is 500 g/mol. The van der Waals surface area contributed by atoms with Gasteiger partial charge < -0.3 is 18.9 Å². The van der Waals surface area contributed by atoms with Gasteiger partial charge in [0.2, 0.25) is 0 Å². The van der Waals surface area contributed by atoms with Crippen LogP contribution in [0.1, 0.15) is 79.7 Å². The fourth-order valence-electron chi connectivity index (χ4n) is 3.61. The van der Waals surface area contributed by atoms with E-state index in [0.29, 0.717) is 32.7 Å². The van der Waals surface area contributed by atoms with E-state index in [1.807, 2.05) is 71.9 Å². The molecule has 0 aliphatic carbocycles. The number of rotatable bonds is 9. The van der Waals surface area contributed by atoms with Gasteiger partial charge in [0.1, 0.15) is 6.10 Å². The van der Waals surface area contributed by atoms with Crippen molar-refractivity contribution in [3.8, 4) is 0 Å². The number of benzene rings is 1. The molecule has 0 spiro atoms. The monoisotopic (exact) mass is 552 g/mol. The molecular formula is C31H52O6S. The Balaban J connectivity index is 0. The van der Waals surface area contributed by atoms with Gasteiger partial charge in [0, 0.05) is 19.8 Å². The summed E-state index contributed by atoms with van der Waals surface area (Å²) in [5, 5.41) is 0. The Bertz CT molecular complexity index is 737. The van der Waals surface area contributed by atoms with Crippen LogP contribution in [0.25, 0.3) is 0 Å².